The van der Waals surface area contributed by atoms with E-state index in [2.05, 4.69) is 37.0 Å². The largest absolute Gasteiger partial charge is 0.326 e. The van der Waals surface area contributed by atoms with Gasteiger partial charge in [0.05, 0.1) is 17.4 Å². The van der Waals surface area contributed by atoms with Crippen molar-refractivity contribution in [3.8, 4) is 0 Å². The summed E-state index contributed by atoms with van der Waals surface area (Å²) in [5.74, 6) is 0.625. The van der Waals surface area contributed by atoms with Gasteiger partial charge in [-0.15, -0.1) is 11.3 Å². The molecule has 6 rings (SSSR count). The number of aromatic nitrogens is 2. The van der Waals surface area contributed by atoms with Crippen molar-refractivity contribution >= 4 is 46.1 Å². The maximum Gasteiger partial charge on any atom is 0.261 e. The standard InChI is InChI=1S/C28H35FN8OS/c1-33-10-12-37(13-11-33)21-6-8-36(9-7-21)16-19-4-5-20(14-23(19)29)31-28-30-15-24-26(32-28)34(2)25-18-39-17-22(25)27(38)35(24)3/h4-5,14-15,17-18,21H,6-13,16H2,1-3H3,(H,30,31,32). The summed E-state index contributed by atoms with van der Waals surface area (Å²) in [6.45, 7) is 7.20. The van der Waals surface area contributed by atoms with E-state index >= 15 is 4.39 Å². The number of likely N-dealkylation sites (N-methyl/N-ethyl adjacent to an activating group) is 1. The van der Waals surface area contributed by atoms with E-state index in [0.29, 0.717) is 46.9 Å². The highest BCUT2D eigenvalue weighted by molar-refractivity contribution is 7.08. The lowest BCUT2D eigenvalue weighted by molar-refractivity contribution is 0.0655. The Balaban J connectivity index is 1.10. The van der Waals surface area contributed by atoms with E-state index in [1.54, 1.807) is 18.1 Å². The van der Waals surface area contributed by atoms with Crippen LogP contribution in [0, 0.1) is 5.82 Å². The zero-order valence-electron chi connectivity index (χ0n) is 22.7. The molecule has 9 nitrogen and oxygen atoms in total. The highest BCUT2D eigenvalue weighted by Gasteiger charge is 2.30. The average Bonchev–Trinajstić information content (AvgIpc) is 3.42. The molecule has 0 aliphatic carbocycles. The van der Waals surface area contributed by atoms with E-state index in [1.807, 2.05) is 34.8 Å². The molecule has 0 spiro atoms. The Kier molecular flexibility index (Phi) is 7.23. The first-order valence-electron chi connectivity index (χ1n) is 13.5. The second kappa shape index (κ2) is 10.8. The molecule has 3 aliphatic heterocycles. The number of carbonyl (C=O) groups is 1. The molecule has 0 bridgehead atoms. The number of anilines is 5. The minimum absolute atomic E-state index is 0.0950. The summed E-state index contributed by atoms with van der Waals surface area (Å²) in [6, 6.07) is 5.89. The number of rotatable bonds is 5. The van der Waals surface area contributed by atoms with Crippen LogP contribution in [0.1, 0.15) is 28.8 Å². The number of thiophene rings is 1. The normalized spacial score (nSPS) is 19.6. The highest BCUT2D eigenvalue weighted by Crippen LogP contribution is 2.39. The number of carbonyl (C=O) groups excluding carboxylic acids is 1. The molecule has 206 valence electrons. The summed E-state index contributed by atoms with van der Waals surface area (Å²) >= 11 is 1.48. The Hall–Kier alpha value is -3.12. The van der Waals surface area contributed by atoms with Crippen LogP contribution in [0.15, 0.2) is 35.2 Å². The molecule has 0 unspecified atom stereocenters. The van der Waals surface area contributed by atoms with E-state index in [1.165, 1.54) is 17.4 Å². The Morgan fingerprint density at radius 2 is 1.77 bits per heavy atom. The van der Waals surface area contributed by atoms with Crippen LogP contribution in [0.25, 0.3) is 0 Å². The second-order valence-corrected chi connectivity index (χ2v) is 11.5. The van der Waals surface area contributed by atoms with Gasteiger partial charge in [0.25, 0.3) is 5.91 Å². The number of piperidine rings is 1. The predicted molar refractivity (Wildman–Crippen MR) is 154 cm³/mol. The Morgan fingerprint density at radius 3 is 2.51 bits per heavy atom. The zero-order valence-corrected chi connectivity index (χ0v) is 23.5. The molecule has 39 heavy (non-hydrogen) atoms. The van der Waals surface area contributed by atoms with Gasteiger partial charge in [0.15, 0.2) is 5.82 Å². The van der Waals surface area contributed by atoms with Crippen molar-refractivity contribution in [1.82, 2.24) is 24.7 Å². The van der Waals surface area contributed by atoms with Crippen molar-refractivity contribution in [2.45, 2.75) is 25.4 Å². The fraction of sp³-hybridized carbons (Fsp3) is 0.464. The van der Waals surface area contributed by atoms with Gasteiger partial charge < -0.3 is 20.0 Å². The van der Waals surface area contributed by atoms with Gasteiger partial charge in [0.2, 0.25) is 5.95 Å². The molecule has 3 aromatic rings. The molecular weight excluding hydrogens is 515 g/mol. The molecule has 1 aromatic carbocycles. The Morgan fingerprint density at radius 1 is 1.00 bits per heavy atom. The minimum atomic E-state index is -0.235. The van der Waals surface area contributed by atoms with Crippen LogP contribution in [0.2, 0.25) is 0 Å². The SMILES string of the molecule is CN1CCN(C2CCN(Cc3ccc(Nc4ncc5c(n4)N(C)c4cscc4C(=O)N5C)cc3F)CC2)CC1. The number of fused-ring (bicyclic) bond motifs is 2. The zero-order chi connectivity index (χ0) is 27.1. The second-order valence-electron chi connectivity index (χ2n) is 10.8. The molecule has 11 heteroatoms. The molecule has 0 atom stereocenters. The molecule has 2 aromatic heterocycles. The molecule has 3 aliphatic rings. The van der Waals surface area contributed by atoms with Crippen molar-refractivity contribution in [2.75, 3.05) is 75.5 Å². The summed E-state index contributed by atoms with van der Waals surface area (Å²) in [4.78, 5) is 32.8. The number of amides is 1. The highest BCUT2D eigenvalue weighted by atomic mass is 32.1. The van der Waals surface area contributed by atoms with Crippen LogP contribution < -0.4 is 15.1 Å². The minimum Gasteiger partial charge on any atom is -0.326 e. The van der Waals surface area contributed by atoms with Crippen molar-refractivity contribution in [3.05, 3.63) is 52.1 Å². The summed E-state index contributed by atoms with van der Waals surface area (Å²) in [7, 11) is 5.80. The van der Waals surface area contributed by atoms with Gasteiger partial charge in [-0.1, -0.05) is 6.07 Å². The molecule has 1 N–H and O–H groups in total. The van der Waals surface area contributed by atoms with Crippen molar-refractivity contribution in [1.29, 1.82) is 0 Å². The van der Waals surface area contributed by atoms with Crippen molar-refractivity contribution in [2.24, 2.45) is 0 Å². The Bertz CT molecular complexity index is 1350. The number of nitrogens with one attached hydrogen (secondary N) is 1. The molecular formula is C28H35FN8OS. The van der Waals surface area contributed by atoms with E-state index in [9.17, 15) is 4.79 Å². The number of piperazine rings is 1. The molecule has 0 radical (unpaired) electrons. The van der Waals surface area contributed by atoms with Crippen LogP contribution in [0.4, 0.5) is 33.2 Å². The molecule has 1 amide bonds. The summed E-state index contributed by atoms with van der Waals surface area (Å²) in [5, 5.41) is 6.93. The number of halogens is 1. The van der Waals surface area contributed by atoms with Gasteiger partial charge in [-0.2, -0.15) is 4.98 Å². The first kappa shape index (κ1) is 26.1. The maximum absolute atomic E-state index is 15.2. The maximum atomic E-state index is 15.2. The third-order valence-corrected chi connectivity index (χ3v) is 9.01. The molecule has 0 saturated carbocycles. The summed E-state index contributed by atoms with van der Waals surface area (Å²) < 4.78 is 15.2. The van der Waals surface area contributed by atoms with E-state index in [0.717, 1.165) is 57.8 Å². The first-order chi connectivity index (χ1) is 18.9. The van der Waals surface area contributed by atoms with Crippen LogP contribution >= 0.6 is 11.3 Å². The quantitative estimate of drug-likeness (QED) is 0.512. The van der Waals surface area contributed by atoms with Crippen molar-refractivity contribution in [3.63, 3.8) is 0 Å². The predicted octanol–water partition coefficient (Wildman–Crippen LogP) is 3.99. The topological polar surface area (TPSA) is 71.1 Å². The van der Waals surface area contributed by atoms with E-state index < -0.39 is 0 Å². The summed E-state index contributed by atoms with van der Waals surface area (Å²) in [5.41, 5.74) is 3.35. The smallest absolute Gasteiger partial charge is 0.261 e. The fourth-order valence-electron chi connectivity index (χ4n) is 5.78. The third kappa shape index (κ3) is 5.23. The van der Waals surface area contributed by atoms with Crippen molar-refractivity contribution < 1.29 is 9.18 Å². The number of nitrogens with zero attached hydrogens (tertiary/aromatic N) is 7. The van der Waals surface area contributed by atoms with Gasteiger partial charge in [-0.25, -0.2) is 9.37 Å². The van der Waals surface area contributed by atoms with Crippen LogP contribution in [0.3, 0.4) is 0 Å². The third-order valence-electron chi connectivity index (χ3n) is 8.28. The fourth-order valence-corrected chi connectivity index (χ4v) is 6.62. The molecule has 5 heterocycles. The van der Waals surface area contributed by atoms with Crippen LogP contribution in [0.5, 0.6) is 0 Å². The monoisotopic (exact) mass is 550 g/mol. The lowest BCUT2D eigenvalue weighted by Gasteiger charge is -2.42. The Labute approximate surface area is 232 Å². The lowest BCUT2D eigenvalue weighted by atomic mass is 10.0. The lowest BCUT2D eigenvalue weighted by Crippen LogP contribution is -2.52. The van der Waals surface area contributed by atoms with Gasteiger partial charge >= 0.3 is 0 Å². The molecule has 2 saturated heterocycles. The van der Waals surface area contributed by atoms with Gasteiger partial charge in [0.1, 0.15) is 11.5 Å². The van der Waals surface area contributed by atoms with Gasteiger partial charge in [-0.05, 0) is 45.1 Å². The van der Waals surface area contributed by atoms with Gasteiger partial charge in [-0.3, -0.25) is 14.6 Å². The number of likely N-dealkylation sites (tertiary alicyclic amines) is 1. The number of hydrogen-bond acceptors (Lipinski definition) is 9. The number of benzene rings is 1. The van der Waals surface area contributed by atoms with Crippen LogP contribution in [-0.2, 0) is 6.54 Å². The van der Waals surface area contributed by atoms with E-state index in [-0.39, 0.29) is 11.7 Å². The summed E-state index contributed by atoms with van der Waals surface area (Å²) in [6.07, 6.45) is 3.91. The average molecular weight is 551 g/mol. The number of hydrogen-bond donors (Lipinski definition) is 1. The first-order valence-corrected chi connectivity index (χ1v) is 14.5. The van der Waals surface area contributed by atoms with Gasteiger partial charge in [0, 0.05) is 74.9 Å². The molecule has 2 fully saturated rings. The van der Waals surface area contributed by atoms with E-state index in [4.69, 9.17) is 0 Å². The van der Waals surface area contributed by atoms with Crippen LogP contribution in [-0.4, -0.2) is 97.0 Å².